The van der Waals surface area contributed by atoms with Gasteiger partial charge in [0.25, 0.3) is 15.9 Å². The van der Waals surface area contributed by atoms with Crippen LogP contribution in [-0.2, 0) is 10.0 Å². The standard InChI is InChI=1S/C22H23ClFN3O3S2/c1-26(2)20(21-5-4-12-31-21)14-25-22(28)18-13-17(10-11-19(18)23)32(29,30)27(3)16-8-6-15(24)7-9-16/h4-13,20H,14H2,1-3H3,(H,25,28)/t20-/m1/s1. The number of carbonyl (C=O) groups excluding carboxylic acids is 1. The van der Waals surface area contributed by atoms with E-state index >= 15 is 0 Å². The average Bonchev–Trinajstić information content (AvgIpc) is 3.28. The van der Waals surface area contributed by atoms with Crippen molar-refractivity contribution in [1.82, 2.24) is 10.2 Å². The monoisotopic (exact) mass is 495 g/mol. The van der Waals surface area contributed by atoms with Crippen LogP contribution in [-0.4, -0.2) is 46.9 Å². The van der Waals surface area contributed by atoms with Crippen molar-refractivity contribution in [2.45, 2.75) is 10.9 Å². The van der Waals surface area contributed by atoms with Crippen LogP contribution >= 0.6 is 22.9 Å². The van der Waals surface area contributed by atoms with Crippen LogP contribution in [0.2, 0.25) is 5.02 Å². The number of likely N-dealkylation sites (N-methyl/N-ethyl adjacent to an activating group) is 1. The minimum atomic E-state index is -3.99. The molecule has 0 saturated carbocycles. The molecule has 0 unspecified atom stereocenters. The Hall–Kier alpha value is -2.46. The van der Waals surface area contributed by atoms with Crippen LogP contribution in [0.1, 0.15) is 21.3 Å². The number of halogens is 2. The molecule has 170 valence electrons. The van der Waals surface area contributed by atoms with Gasteiger partial charge in [0.15, 0.2) is 0 Å². The minimum Gasteiger partial charge on any atom is -0.350 e. The topological polar surface area (TPSA) is 69.7 Å². The van der Waals surface area contributed by atoms with E-state index in [-0.39, 0.29) is 27.2 Å². The first-order valence-corrected chi connectivity index (χ1v) is 12.3. The highest BCUT2D eigenvalue weighted by atomic mass is 35.5. The zero-order valence-corrected chi connectivity index (χ0v) is 20.1. The van der Waals surface area contributed by atoms with Crippen molar-refractivity contribution < 1.29 is 17.6 Å². The molecule has 3 aromatic rings. The second-order valence-electron chi connectivity index (χ2n) is 7.30. The van der Waals surface area contributed by atoms with E-state index in [1.165, 1.54) is 49.5 Å². The number of anilines is 1. The molecule has 0 saturated heterocycles. The van der Waals surface area contributed by atoms with Gasteiger partial charge in [-0.15, -0.1) is 11.3 Å². The third-order valence-electron chi connectivity index (χ3n) is 4.98. The van der Waals surface area contributed by atoms with E-state index in [0.29, 0.717) is 6.54 Å². The highest BCUT2D eigenvalue weighted by molar-refractivity contribution is 7.92. The Morgan fingerprint density at radius 1 is 1.12 bits per heavy atom. The Morgan fingerprint density at radius 2 is 1.81 bits per heavy atom. The summed E-state index contributed by atoms with van der Waals surface area (Å²) in [4.78, 5) is 15.9. The summed E-state index contributed by atoms with van der Waals surface area (Å²) in [7, 11) is 1.21. The van der Waals surface area contributed by atoms with E-state index < -0.39 is 21.7 Å². The lowest BCUT2D eigenvalue weighted by molar-refractivity contribution is 0.0942. The normalized spacial score (nSPS) is 12.6. The summed E-state index contributed by atoms with van der Waals surface area (Å²) in [6.07, 6.45) is 0. The summed E-state index contributed by atoms with van der Waals surface area (Å²) in [5, 5.41) is 4.96. The van der Waals surface area contributed by atoms with Gasteiger partial charge >= 0.3 is 0 Å². The minimum absolute atomic E-state index is 0.0331. The molecule has 0 aliphatic heterocycles. The van der Waals surface area contributed by atoms with Gasteiger partial charge in [-0.3, -0.25) is 9.10 Å². The van der Waals surface area contributed by atoms with Gasteiger partial charge in [-0.05, 0) is 68.0 Å². The number of thiophene rings is 1. The molecule has 32 heavy (non-hydrogen) atoms. The van der Waals surface area contributed by atoms with E-state index in [2.05, 4.69) is 5.32 Å². The summed E-state index contributed by atoms with van der Waals surface area (Å²) in [6, 6.07) is 13.0. The van der Waals surface area contributed by atoms with Gasteiger partial charge in [-0.1, -0.05) is 17.7 Å². The lowest BCUT2D eigenvalue weighted by Crippen LogP contribution is -2.34. The maximum absolute atomic E-state index is 13.2. The number of amides is 1. The molecule has 1 amide bonds. The smallest absolute Gasteiger partial charge is 0.264 e. The first kappa shape index (κ1) is 24.2. The molecule has 1 heterocycles. The first-order valence-electron chi connectivity index (χ1n) is 9.63. The van der Waals surface area contributed by atoms with Crippen LogP contribution in [0.5, 0.6) is 0 Å². The van der Waals surface area contributed by atoms with E-state index in [4.69, 9.17) is 11.6 Å². The molecule has 1 atom stereocenters. The maximum Gasteiger partial charge on any atom is 0.264 e. The van der Waals surface area contributed by atoms with Crippen molar-refractivity contribution >= 4 is 44.6 Å². The predicted octanol–water partition coefficient (Wildman–Crippen LogP) is 4.40. The Morgan fingerprint density at radius 3 is 2.41 bits per heavy atom. The number of sulfonamides is 1. The molecule has 3 rings (SSSR count). The zero-order valence-electron chi connectivity index (χ0n) is 17.7. The van der Waals surface area contributed by atoms with Crippen LogP contribution in [0, 0.1) is 5.82 Å². The first-order chi connectivity index (χ1) is 15.1. The number of nitrogens with one attached hydrogen (secondary N) is 1. The fourth-order valence-corrected chi connectivity index (χ4v) is 5.44. The summed E-state index contributed by atoms with van der Waals surface area (Å²) in [5.74, 6) is -0.941. The number of hydrogen-bond donors (Lipinski definition) is 1. The van der Waals surface area contributed by atoms with Gasteiger partial charge in [-0.2, -0.15) is 0 Å². The molecule has 1 aromatic heterocycles. The largest absolute Gasteiger partial charge is 0.350 e. The highest BCUT2D eigenvalue weighted by Gasteiger charge is 2.24. The molecule has 2 aromatic carbocycles. The number of rotatable bonds is 8. The lowest BCUT2D eigenvalue weighted by Gasteiger charge is -2.24. The Kier molecular flexibility index (Phi) is 7.55. The second kappa shape index (κ2) is 9.99. The van der Waals surface area contributed by atoms with Crippen LogP contribution in [0.3, 0.4) is 0 Å². The number of nitrogens with zero attached hydrogens (tertiary/aromatic N) is 2. The van der Waals surface area contributed by atoms with Crippen molar-refractivity contribution in [1.29, 1.82) is 0 Å². The van der Waals surface area contributed by atoms with Crippen LogP contribution in [0.4, 0.5) is 10.1 Å². The van der Waals surface area contributed by atoms with Crippen molar-refractivity contribution in [3.8, 4) is 0 Å². The molecule has 1 N–H and O–H groups in total. The maximum atomic E-state index is 13.2. The zero-order chi connectivity index (χ0) is 23.5. The van der Waals surface area contributed by atoms with E-state index in [1.54, 1.807) is 11.3 Å². The van der Waals surface area contributed by atoms with Gasteiger partial charge in [0, 0.05) is 18.5 Å². The van der Waals surface area contributed by atoms with Crippen LogP contribution < -0.4 is 9.62 Å². The fraction of sp³-hybridized carbons (Fsp3) is 0.227. The summed E-state index contributed by atoms with van der Waals surface area (Å²) >= 11 is 7.80. The quantitative estimate of drug-likeness (QED) is 0.503. The molecule has 0 aliphatic carbocycles. The van der Waals surface area contributed by atoms with E-state index in [9.17, 15) is 17.6 Å². The summed E-state index contributed by atoms with van der Waals surface area (Å²) in [6.45, 7) is 0.329. The van der Waals surface area contributed by atoms with Gasteiger partial charge in [0.2, 0.25) is 0 Å². The molecule has 0 bridgehead atoms. The Bertz CT molecular complexity index is 1180. The van der Waals surface area contributed by atoms with Gasteiger partial charge in [0.05, 0.1) is 27.2 Å². The van der Waals surface area contributed by atoms with Crippen molar-refractivity contribution in [3.05, 3.63) is 81.3 Å². The number of hydrogen-bond acceptors (Lipinski definition) is 5. The van der Waals surface area contributed by atoms with Gasteiger partial charge in [0.1, 0.15) is 5.82 Å². The molecule has 0 aliphatic rings. The number of carbonyl (C=O) groups is 1. The van der Waals surface area contributed by atoms with Crippen LogP contribution in [0.15, 0.2) is 64.9 Å². The summed E-state index contributed by atoms with van der Waals surface area (Å²) in [5.41, 5.74) is 0.348. The number of benzene rings is 2. The molecular weight excluding hydrogens is 473 g/mol. The molecule has 0 radical (unpaired) electrons. The fourth-order valence-electron chi connectivity index (χ4n) is 3.09. The van der Waals surface area contributed by atoms with Crippen molar-refractivity contribution in [3.63, 3.8) is 0 Å². The van der Waals surface area contributed by atoms with E-state index in [0.717, 1.165) is 9.18 Å². The van der Waals surface area contributed by atoms with E-state index in [1.807, 2.05) is 36.5 Å². The van der Waals surface area contributed by atoms with Gasteiger partial charge < -0.3 is 10.2 Å². The lowest BCUT2D eigenvalue weighted by atomic mass is 10.2. The molecule has 10 heteroatoms. The third kappa shape index (κ3) is 5.29. The van der Waals surface area contributed by atoms with Crippen molar-refractivity contribution in [2.24, 2.45) is 0 Å². The predicted molar refractivity (Wildman–Crippen MR) is 127 cm³/mol. The SMILES string of the molecule is CN(C)[C@H](CNC(=O)c1cc(S(=O)(=O)N(C)c2ccc(F)cc2)ccc1Cl)c1cccs1. The second-order valence-corrected chi connectivity index (χ2v) is 10.7. The van der Waals surface area contributed by atoms with Crippen molar-refractivity contribution in [2.75, 3.05) is 32.0 Å². The highest BCUT2D eigenvalue weighted by Crippen LogP contribution is 2.27. The third-order valence-corrected chi connectivity index (χ3v) is 8.07. The average molecular weight is 496 g/mol. The van der Waals surface area contributed by atoms with Gasteiger partial charge in [-0.25, -0.2) is 12.8 Å². The molecule has 0 spiro atoms. The van der Waals surface area contributed by atoms with Crippen LogP contribution in [0.25, 0.3) is 0 Å². The summed E-state index contributed by atoms with van der Waals surface area (Å²) < 4.78 is 40.4. The molecular formula is C22H23ClFN3O3S2. The Labute approximate surface area is 196 Å². The molecule has 6 nitrogen and oxygen atoms in total. The Balaban J connectivity index is 1.83. The molecule has 0 fully saturated rings.